The van der Waals surface area contributed by atoms with E-state index < -0.39 is 0 Å². The molecule has 1 atom stereocenters. The predicted octanol–water partition coefficient (Wildman–Crippen LogP) is 3.17. The Morgan fingerprint density at radius 1 is 1.43 bits per heavy atom. The number of carbonyl (C=O) groups is 1. The van der Waals surface area contributed by atoms with Crippen molar-refractivity contribution in [2.24, 2.45) is 0 Å². The van der Waals surface area contributed by atoms with Crippen LogP contribution in [0, 0.1) is 0 Å². The van der Waals surface area contributed by atoms with E-state index in [1.165, 1.54) is 0 Å². The van der Waals surface area contributed by atoms with Crippen LogP contribution in [0.2, 0.25) is 0 Å². The van der Waals surface area contributed by atoms with Crippen molar-refractivity contribution in [3.05, 3.63) is 28.2 Å². The Morgan fingerprint density at radius 3 is 2.90 bits per heavy atom. The normalized spacial score (nSPS) is 17.8. The Hall–Kier alpha value is -1.07. The fourth-order valence-corrected chi connectivity index (χ4v) is 2.80. The molecule has 2 N–H and O–H groups in total. The number of hydrogen-bond donors (Lipinski definition) is 2. The Morgan fingerprint density at radius 2 is 2.19 bits per heavy atom. The topological polar surface area (TPSA) is 50.4 Å². The summed E-state index contributed by atoms with van der Waals surface area (Å²) in [4.78, 5) is 11.8. The molecule has 1 amide bonds. The highest BCUT2D eigenvalue weighted by molar-refractivity contribution is 9.10. The van der Waals surface area contributed by atoms with Gasteiger partial charge in [0.2, 0.25) is 5.91 Å². The minimum absolute atomic E-state index is 0.0801. The summed E-state index contributed by atoms with van der Waals surface area (Å²) in [6.45, 7) is 7.35. The van der Waals surface area contributed by atoms with Crippen LogP contribution in [0.3, 0.4) is 0 Å². The third-order valence-corrected chi connectivity index (χ3v) is 3.76. The van der Waals surface area contributed by atoms with E-state index in [0.717, 1.165) is 22.2 Å². The number of fused-ring (bicyclic) bond motifs is 1. The van der Waals surface area contributed by atoms with E-state index >= 15 is 0 Å². The first kappa shape index (κ1) is 16.3. The largest absolute Gasteiger partial charge is 0.493 e. The van der Waals surface area contributed by atoms with Gasteiger partial charge in [-0.05, 0) is 39.0 Å². The zero-order valence-electron chi connectivity index (χ0n) is 12.8. The molecule has 0 bridgehead atoms. The number of ether oxygens (including phenoxy) is 1. The third-order valence-electron chi connectivity index (χ3n) is 3.27. The van der Waals surface area contributed by atoms with Crippen LogP contribution in [0.1, 0.15) is 45.2 Å². The standard InChI is InChI=1S/C16H23BrN2O2/c1-16(2,3)19-15(20)6-8-18-13-7-9-21-14-5-4-11(17)10-12(13)14/h4-5,10,13,18H,6-9H2,1-3H3,(H,19,20). The summed E-state index contributed by atoms with van der Waals surface area (Å²) in [6, 6.07) is 6.30. The first-order valence-electron chi connectivity index (χ1n) is 7.32. The van der Waals surface area contributed by atoms with Crippen LogP contribution >= 0.6 is 15.9 Å². The maximum atomic E-state index is 11.8. The zero-order valence-corrected chi connectivity index (χ0v) is 14.4. The highest BCUT2D eigenvalue weighted by atomic mass is 79.9. The van der Waals surface area contributed by atoms with Gasteiger partial charge >= 0.3 is 0 Å². The molecular weight excluding hydrogens is 332 g/mol. The van der Waals surface area contributed by atoms with Crippen molar-refractivity contribution in [3.8, 4) is 5.75 Å². The number of amides is 1. The van der Waals surface area contributed by atoms with Crippen LogP contribution in [0.5, 0.6) is 5.75 Å². The zero-order chi connectivity index (χ0) is 15.5. The molecule has 0 saturated carbocycles. The quantitative estimate of drug-likeness (QED) is 0.872. The van der Waals surface area contributed by atoms with Gasteiger partial charge < -0.3 is 15.4 Å². The summed E-state index contributed by atoms with van der Waals surface area (Å²) in [6.07, 6.45) is 1.41. The minimum atomic E-state index is -0.173. The van der Waals surface area contributed by atoms with Crippen LogP contribution in [0.25, 0.3) is 0 Å². The van der Waals surface area contributed by atoms with Crippen LogP contribution in [0.15, 0.2) is 22.7 Å². The molecule has 0 spiro atoms. The number of nitrogens with one attached hydrogen (secondary N) is 2. The van der Waals surface area contributed by atoms with Crippen molar-refractivity contribution in [1.82, 2.24) is 10.6 Å². The average Bonchev–Trinajstić information content (AvgIpc) is 2.37. The number of carbonyl (C=O) groups excluding carboxylic acids is 1. The molecule has 1 unspecified atom stereocenters. The molecule has 2 rings (SSSR count). The number of hydrogen-bond acceptors (Lipinski definition) is 3. The van der Waals surface area contributed by atoms with E-state index in [1.54, 1.807) is 0 Å². The van der Waals surface area contributed by atoms with Crippen molar-refractivity contribution in [2.75, 3.05) is 13.2 Å². The maximum Gasteiger partial charge on any atom is 0.221 e. The molecule has 0 saturated heterocycles. The van der Waals surface area contributed by atoms with Crippen molar-refractivity contribution in [2.45, 2.75) is 45.2 Å². The second-order valence-electron chi connectivity index (χ2n) is 6.37. The highest BCUT2D eigenvalue weighted by Gasteiger charge is 2.21. The molecule has 0 fully saturated rings. The fourth-order valence-electron chi connectivity index (χ4n) is 2.42. The first-order valence-corrected chi connectivity index (χ1v) is 8.11. The molecule has 1 heterocycles. The monoisotopic (exact) mass is 354 g/mol. The van der Waals surface area contributed by atoms with Crippen molar-refractivity contribution < 1.29 is 9.53 Å². The third kappa shape index (κ3) is 5.00. The first-order chi connectivity index (χ1) is 9.85. The minimum Gasteiger partial charge on any atom is -0.493 e. The van der Waals surface area contributed by atoms with E-state index in [4.69, 9.17) is 4.74 Å². The molecule has 116 valence electrons. The molecule has 1 aromatic carbocycles. The van der Waals surface area contributed by atoms with E-state index in [9.17, 15) is 4.79 Å². The summed E-state index contributed by atoms with van der Waals surface area (Å²) in [7, 11) is 0. The van der Waals surface area contributed by atoms with Crippen LogP contribution in [0.4, 0.5) is 0 Å². The lowest BCUT2D eigenvalue weighted by molar-refractivity contribution is -0.122. The highest BCUT2D eigenvalue weighted by Crippen LogP contribution is 2.33. The Balaban J connectivity index is 1.88. The van der Waals surface area contributed by atoms with Gasteiger partial charge in [-0.1, -0.05) is 15.9 Å². The van der Waals surface area contributed by atoms with Gasteiger partial charge in [-0.3, -0.25) is 4.79 Å². The number of rotatable bonds is 4. The van der Waals surface area contributed by atoms with E-state index in [-0.39, 0.29) is 17.5 Å². The van der Waals surface area contributed by atoms with Gasteiger partial charge in [0.15, 0.2) is 0 Å². The molecule has 21 heavy (non-hydrogen) atoms. The summed E-state index contributed by atoms with van der Waals surface area (Å²) in [5.74, 6) is 1.01. The predicted molar refractivity (Wildman–Crippen MR) is 87.5 cm³/mol. The summed E-state index contributed by atoms with van der Waals surface area (Å²) >= 11 is 3.49. The van der Waals surface area contributed by atoms with Gasteiger partial charge in [-0.15, -0.1) is 0 Å². The van der Waals surface area contributed by atoms with Crippen molar-refractivity contribution in [3.63, 3.8) is 0 Å². The van der Waals surface area contributed by atoms with E-state index in [1.807, 2.05) is 32.9 Å². The smallest absolute Gasteiger partial charge is 0.221 e. The van der Waals surface area contributed by atoms with Gasteiger partial charge in [0.25, 0.3) is 0 Å². The van der Waals surface area contributed by atoms with Gasteiger partial charge in [0.1, 0.15) is 5.75 Å². The average molecular weight is 355 g/mol. The molecule has 4 nitrogen and oxygen atoms in total. The van der Waals surface area contributed by atoms with Crippen molar-refractivity contribution >= 4 is 21.8 Å². The molecule has 1 aliphatic rings. The summed E-state index contributed by atoms with van der Waals surface area (Å²) in [5.41, 5.74) is 0.986. The van der Waals surface area contributed by atoms with Gasteiger partial charge in [0, 0.05) is 41.0 Å². The van der Waals surface area contributed by atoms with Gasteiger partial charge in [-0.25, -0.2) is 0 Å². The van der Waals surface area contributed by atoms with Gasteiger partial charge in [0.05, 0.1) is 6.61 Å². The molecule has 1 aromatic rings. The number of halogens is 1. The van der Waals surface area contributed by atoms with Crippen LogP contribution in [-0.2, 0) is 4.79 Å². The number of benzene rings is 1. The Labute approximate surface area is 134 Å². The van der Waals surface area contributed by atoms with Crippen LogP contribution < -0.4 is 15.4 Å². The lowest BCUT2D eigenvalue weighted by atomic mass is 10.0. The second-order valence-corrected chi connectivity index (χ2v) is 7.29. The maximum absolute atomic E-state index is 11.8. The molecule has 0 aromatic heterocycles. The summed E-state index contributed by atoms with van der Waals surface area (Å²) in [5, 5.41) is 6.43. The molecule has 5 heteroatoms. The molecule has 0 aliphatic carbocycles. The summed E-state index contributed by atoms with van der Waals surface area (Å²) < 4.78 is 6.71. The SMILES string of the molecule is CC(C)(C)NC(=O)CCNC1CCOc2ccc(Br)cc21. The van der Waals surface area contributed by atoms with Crippen molar-refractivity contribution in [1.29, 1.82) is 0 Å². The van der Waals surface area contributed by atoms with E-state index in [0.29, 0.717) is 19.6 Å². The lowest BCUT2D eigenvalue weighted by Crippen LogP contribution is -2.41. The fraction of sp³-hybridized carbons (Fsp3) is 0.562. The lowest BCUT2D eigenvalue weighted by Gasteiger charge is -2.27. The molecule has 0 radical (unpaired) electrons. The molecule has 1 aliphatic heterocycles. The van der Waals surface area contributed by atoms with E-state index in [2.05, 4.69) is 32.6 Å². The van der Waals surface area contributed by atoms with Gasteiger partial charge in [-0.2, -0.15) is 0 Å². The second kappa shape index (κ2) is 6.79. The van der Waals surface area contributed by atoms with Crippen LogP contribution in [-0.4, -0.2) is 24.6 Å². The molecular formula is C16H23BrN2O2. The Kier molecular flexibility index (Phi) is 5.27. The Bertz CT molecular complexity index is 511.